The summed E-state index contributed by atoms with van der Waals surface area (Å²) >= 11 is 0. The normalized spacial score (nSPS) is 23.1. The van der Waals surface area contributed by atoms with Gasteiger partial charge in [-0.25, -0.2) is 4.98 Å². The maximum absolute atomic E-state index is 13.6. The summed E-state index contributed by atoms with van der Waals surface area (Å²) < 4.78 is 7.31. The van der Waals surface area contributed by atoms with Crippen LogP contribution < -0.4 is 11.1 Å². The van der Waals surface area contributed by atoms with Gasteiger partial charge in [-0.15, -0.1) is 0 Å². The Morgan fingerprint density at radius 3 is 2.85 bits per heavy atom. The number of oxazole rings is 1. The summed E-state index contributed by atoms with van der Waals surface area (Å²) in [7, 11) is 0. The highest BCUT2D eigenvalue weighted by Gasteiger charge is 2.43. The summed E-state index contributed by atoms with van der Waals surface area (Å²) in [6.45, 7) is 7.37. The number of carbonyl (C=O) groups is 1. The van der Waals surface area contributed by atoms with Crippen LogP contribution in [-0.4, -0.2) is 56.3 Å². The van der Waals surface area contributed by atoms with Crippen LogP contribution in [0.2, 0.25) is 0 Å². The largest absolute Gasteiger partial charge is 0.424 e. The molecule has 2 atom stereocenters. The number of fused-ring (bicyclic) bond motifs is 2. The van der Waals surface area contributed by atoms with Crippen molar-refractivity contribution in [2.45, 2.75) is 38.3 Å². The number of Topliss-reactive ketones (excluding diaryl/α,β-unsaturated/α-hetero) is 1. The van der Waals surface area contributed by atoms with Gasteiger partial charge in [-0.1, -0.05) is 6.07 Å². The number of nitrogen functional groups attached to an aromatic ring is 1. The highest BCUT2D eigenvalue weighted by atomic mass is 16.4. The SMILES string of the molecule is CC1(C)CN(C2CCC2C(=O)c2cnc3ccc(-c4ccc5oc(N)nc5c4)cn23)CCN1. The minimum absolute atomic E-state index is 0.0249. The fourth-order valence-electron chi connectivity index (χ4n) is 5.34. The lowest BCUT2D eigenvalue weighted by Crippen LogP contribution is -2.63. The molecule has 0 radical (unpaired) electrons. The van der Waals surface area contributed by atoms with Crippen LogP contribution in [0.3, 0.4) is 0 Å². The number of anilines is 1. The molecule has 1 saturated carbocycles. The van der Waals surface area contributed by atoms with Crippen LogP contribution >= 0.6 is 0 Å². The lowest BCUT2D eigenvalue weighted by Gasteiger charge is -2.49. The number of nitrogens with one attached hydrogen (secondary N) is 1. The molecular formula is C25H28N6O2. The third-order valence-electron chi connectivity index (χ3n) is 7.14. The molecule has 6 rings (SSSR count). The van der Waals surface area contributed by atoms with Gasteiger partial charge in [-0.2, -0.15) is 4.98 Å². The molecule has 4 aromatic rings. The molecule has 3 N–H and O–H groups in total. The van der Waals surface area contributed by atoms with Crippen LogP contribution in [0, 0.1) is 5.92 Å². The first-order valence-electron chi connectivity index (χ1n) is 11.5. The average Bonchev–Trinajstić information content (AvgIpc) is 3.33. The molecule has 8 heteroatoms. The molecule has 0 amide bonds. The number of pyridine rings is 1. The van der Waals surface area contributed by atoms with E-state index >= 15 is 0 Å². The Bertz CT molecular complexity index is 1370. The number of hydrogen-bond donors (Lipinski definition) is 2. The van der Waals surface area contributed by atoms with E-state index in [1.165, 1.54) is 0 Å². The lowest BCUT2D eigenvalue weighted by molar-refractivity contribution is 0.0228. The van der Waals surface area contributed by atoms with E-state index in [9.17, 15) is 4.79 Å². The predicted octanol–water partition coefficient (Wildman–Crippen LogP) is 3.37. The number of carbonyl (C=O) groups excluding carboxylic acids is 1. The number of nitrogens with zero attached hydrogens (tertiary/aromatic N) is 4. The topological polar surface area (TPSA) is 102 Å². The molecule has 1 aromatic carbocycles. The molecule has 33 heavy (non-hydrogen) atoms. The molecule has 1 saturated heterocycles. The van der Waals surface area contributed by atoms with Crippen molar-refractivity contribution in [1.82, 2.24) is 24.6 Å². The molecule has 0 bridgehead atoms. The van der Waals surface area contributed by atoms with Gasteiger partial charge < -0.3 is 15.5 Å². The highest BCUT2D eigenvalue weighted by molar-refractivity contribution is 5.98. The van der Waals surface area contributed by atoms with Gasteiger partial charge in [0.1, 0.15) is 16.9 Å². The second kappa shape index (κ2) is 7.40. The molecule has 8 nitrogen and oxygen atoms in total. The second-order valence-corrected chi connectivity index (χ2v) is 9.92. The van der Waals surface area contributed by atoms with Crippen molar-refractivity contribution in [2.24, 2.45) is 5.92 Å². The molecule has 170 valence electrons. The molecule has 2 fully saturated rings. The zero-order valence-corrected chi connectivity index (χ0v) is 18.9. The van der Waals surface area contributed by atoms with Crippen molar-refractivity contribution in [3.8, 4) is 11.1 Å². The van der Waals surface area contributed by atoms with E-state index in [2.05, 4.69) is 34.0 Å². The first kappa shape index (κ1) is 20.4. The van der Waals surface area contributed by atoms with Gasteiger partial charge in [0.2, 0.25) is 0 Å². The molecule has 2 aliphatic rings. The quantitative estimate of drug-likeness (QED) is 0.465. The van der Waals surface area contributed by atoms with E-state index in [0.717, 1.165) is 49.2 Å². The number of aromatic nitrogens is 3. The summed E-state index contributed by atoms with van der Waals surface area (Å²) in [5, 5.41) is 3.56. The van der Waals surface area contributed by atoms with Crippen molar-refractivity contribution in [1.29, 1.82) is 0 Å². The van der Waals surface area contributed by atoms with Crippen LogP contribution in [0.15, 0.2) is 47.1 Å². The molecule has 0 spiro atoms. The monoisotopic (exact) mass is 444 g/mol. The molecule has 1 aliphatic heterocycles. The Kier molecular flexibility index (Phi) is 4.57. The third-order valence-corrected chi connectivity index (χ3v) is 7.14. The number of piperazine rings is 1. The smallest absolute Gasteiger partial charge is 0.292 e. The summed E-state index contributed by atoms with van der Waals surface area (Å²) in [6, 6.07) is 10.2. The number of ketones is 1. The van der Waals surface area contributed by atoms with Crippen molar-refractivity contribution in [2.75, 3.05) is 25.4 Å². The molecule has 2 unspecified atom stereocenters. The van der Waals surface area contributed by atoms with Gasteiger partial charge in [0, 0.05) is 43.3 Å². The van der Waals surface area contributed by atoms with Crippen LogP contribution in [0.25, 0.3) is 27.9 Å². The summed E-state index contributed by atoms with van der Waals surface area (Å²) in [4.78, 5) is 24.8. The fraction of sp³-hybridized carbons (Fsp3) is 0.400. The number of benzene rings is 1. The second-order valence-electron chi connectivity index (χ2n) is 9.92. The van der Waals surface area contributed by atoms with Gasteiger partial charge in [-0.3, -0.25) is 14.1 Å². The lowest BCUT2D eigenvalue weighted by atomic mass is 9.74. The maximum atomic E-state index is 13.6. The minimum Gasteiger partial charge on any atom is -0.424 e. The Morgan fingerprint density at radius 2 is 2.06 bits per heavy atom. The Hall–Kier alpha value is -3.23. The van der Waals surface area contributed by atoms with Gasteiger partial charge in [-0.05, 0) is 62.1 Å². The van der Waals surface area contributed by atoms with Crippen LogP contribution in [0.4, 0.5) is 6.01 Å². The highest BCUT2D eigenvalue weighted by Crippen LogP contribution is 2.36. The van der Waals surface area contributed by atoms with Gasteiger partial charge in [0.15, 0.2) is 11.4 Å². The zero-order chi connectivity index (χ0) is 22.7. The van der Waals surface area contributed by atoms with E-state index in [-0.39, 0.29) is 23.3 Å². The molecule has 1 aliphatic carbocycles. The van der Waals surface area contributed by atoms with Crippen molar-refractivity contribution in [3.63, 3.8) is 0 Å². The van der Waals surface area contributed by atoms with E-state index in [0.29, 0.717) is 22.8 Å². The number of hydrogen-bond acceptors (Lipinski definition) is 7. The van der Waals surface area contributed by atoms with Crippen molar-refractivity contribution in [3.05, 3.63) is 48.4 Å². The van der Waals surface area contributed by atoms with E-state index in [4.69, 9.17) is 10.2 Å². The van der Waals surface area contributed by atoms with Gasteiger partial charge in [0.25, 0.3) is 6.01 Å². The molecule has 4 heterocycles. The summed E-state index contributed by atoms with van der Waals surface area (Å²) in [5.74, 6) is 0.212. The fourth-order valence-corrected chi connectivity index (χ4v) is 5.34. The third kappa shape index (κ3) is 3.50. The number of imidazole rings is 1. The average molecular weight is 445 g/mol. The van der Waals surface area contributed by atoms with E-state index in [1.54, 1.807) is 6.20 Å². The number of nitrogens with two attached hydrogens (primary N) is 1. The van der Waals surface area contributed by atoms with Crippen LogP contribution in [0.5, 0.6) is 0 Å². The first-order chi connectivity index (χ1) is 15.9. The van der Waals surface area contributed by atoms with E-state index in [1.807, 2.05) is 40.9 Å². The Balaban J connectivity index is 1.30. The van der Waals surface area contributed by atoms with Crippen molar-refractivity contribution >= 4 is 28.5 Å². The molecule has 3 aromatic heterocycles. The number of rotatable bonds is 4. The van der Waals surface area contributed by atoms with Crippen LogP contribution in [-0.2, 0) is 0 Å². The van der Waals surface area contributed by atoms with E-state index < -0.39 is 0 Å². The molecular weight excluding hydrogens is 416 g/mol. The summed E-state index contributed by atoms with van der Waals surface area (Å²) in [5.41, 5.74) is 10.5. The predicted molar refractivity (Wildman–Crippen MR) is 127 cm³/mol. The van der Waals surface area contributed by atoms with Gasteiger partial charge >= 0.3 is 0 Å². The summed E-state index contributed by atoms with van der Waals surface area (Å²) in [6.07, 6.45) is 5.72. The Labute approximate surface area is 191 Å². The van der Waals surface area contributed by atoms with Gasteiger partial charge in [0.05, 0.1) is 6.20 Å². The van der Waals surface area contributed by atoms with Crippen LogP contribution in [0.1, 0.15) is 37.2 Å². The Morgan fingerprint density at radius 1 is 1.21 bits per heavy atom. The maximum Gasteiger partial charge on any atom is 0.292 e. The van der Waals surface area contributed by atoms with Crippen molar-refractivity contribution < 1.29 is 9.21 Å². The standard InChI is InChI=1S/C25H28N6O2/c1-25(2)14-30(10-9-28-25)19-6-5-17(19)23(32)20-12-27-22-8-4-16(13-31(20)22)15-3-7-21-18(11-15)29-24(26)33-21/h3-4,7-8,11-13,17,19,28H,5-6,9-10,14H2,1-2H3,(H2,26,29). The zero-order valence-electron chi connectivity index (χ0n) is 18.9. The first-order valence-corrected chi connectivity index (χ1v) is 11.5. The minimum atomic E-state index is 0.0249.